The Morgan fingerprint density at radius 1 is 0.941 bits per heavy atom. The van der Waals surface area contributed by atoms with Crippen molar-refractivity contribution in [3.05, 3.63) is 48.3 Å². The van der Waals surface area contributed by atoms with Crippen LogP contribution in [0.5, 0.6) is 0 Å². The summed E-state index contributed by atoms with van der Waals surface area (Å²) in [6.45, 7) is 0. The first kappa shape index (κ1) is 10.5. The van der Waals surface area contributed by atoms with Crippen molar-refractivity contribution < 1.29 is 0 Å². The molecule has 0 N–H and O–H groups in total. The van der Waals surface area contributed by atoms with E-state index < -0.39 is 0 Å². The number of rotatable bonds is 2. The van der Waals surface area contributed by atoms with Gasteiger partial charge in [0.25, 0.3) is 0 Å². The molecule has 0 aliphatic heterocycles. The van der Waals surface area contributed by atoms with Crippen molar-refractivity contribution in [1.29, 1.82) is 0 Å². The van der Waals surface area contributed by atoms with Crippen LogP contribution in [0.15, 0.2) is 42.7 Å². The molecule has 1 aromatic carbocycles. The maximum Gasteiger partial charge on any atom is 0.0967 e. The van der Waals surface area contributed by atoms with Crippen LogP contribution in [0.25, 0.3) is 21.8 Å². The average Bonchev–Trinajstić information content (AvgIpc) is 2.39. The molecule has 17 heavy (non-hydrogen) atoms. The van der Waals surface area contributed by atoms with Crippen LogP contribution in [-0.2, 0) is 6.42 Å². The van der Waals surface area contributed by atoms with Crippen molar-refractivity contribution in [2.75, 3.05) is 5.75 Å². The topological polar surface area (TPSA) is 25.8 Å². The molecule has 0 aliphatic carbocycles. The van der Waals surface area contributed by atoms with Crippen LogP contribution in [-0.4, -0.2) is 15.7 Å². The van der Waals surface area contributed by atoms with Gasteiger partial charge in [0.2, 0.25) is 0 Å². The summed E-state index contributed by atoms with van der Waals surface area (Å²) in [5.74, 6) is 0.847. The molecule has 0 spiro atoms. The van der Waals surface area contributed by atoms with Gasteiger partial charge in [-0.05, 0) is 29.9 Å². The lowest BCUT2D eigenvalue weighted by molar-refractivity contribution is 1.17. The minimum Gasteiger partial charge on any atom is -0.254 e. The van der Waals surface area contributed by atoms with Gasteiger partial charge in [-0.25, -0.2) is 0 Å². The molecule has 0 saturated heterocycles. The van der Waals surface area contributed by atoms with E-state index in [1.54, 1.807) is 0 Å². The van der Waals surface area contributed by atoms with Crippen molar-refractivity contribution in [1.82, 2.24) is 9.97 Å². The fourth-order valence-corrected chi connectivity index (χ4v) is 2.39. The monoisotopic (exact) mass is 240 g/mol. The van der Waals surface area contributed by atoms with Gasteiger partial charge < -0.3 is 0 Å². The summed E-state index contributed by atoms with van der Waals surface area (Å²) < 4.78 is 0. The lowest BCUT2D eigenvalue weighted by Crippen LogP contribution is -1.92. The Balaban J connectivity index is 2.40. The maximum atomic E-state index is 4.46. The quantitative estimate of drug-likeness (QED) is 0.549. The van der Waals surface area contributed by atoms with Gasteiger partial charge in [-0.1, -0.05) is 18.2 Å². The molecule has 0 amide bonds. The molecule has 3 heteroatoms. The minimum atomic E-state index is 0.847. The van der Waals surface area contributed by atoms with Crippen LogP contribution < -0.4 is 0 Å². The Labute approximate surface area is 105 Å². The molecule has 3 rings (SSSR count). The van der Waals surface area contributed by atoms with Gasteiger partial charge in [0, 0.05) is 23.2 Å². The molecule has 0 bridgehead atoms. The lowest BCUT2D eigenvalue weighted by Gasteiger charge is -2.06. The number of aryl methyl sites for hydroxylation is 1. The third kappa shape index (κ3) is 1.76. The molecule has 3 aromatic rings. The standard InChI is InChI=1S/C14H12N2S/c17-9-6-10-5-8-16-14-12(10)4-3-11-2-1-7-15-13(11)14/h1-5,7-8,17H,6,9H2. The highest BCUT2D eigenvalue weighted by Gasteiger charge is 2.05. The number of hydrogen-bond acceptors (Lipinski definition) is 3. The molecular weight excluding hydrogens is 228 g/mol. The van der Waals surface area contributed by atoms with E-state index in [4.69, 9.17) is 0 Å². The average molecular weight is 240 g/mol. The molecule has 0 unspecified atom stereocenters. The van der Waals surface area contributed by atoms with Crippen LogP contribution >= 0.6 is 12.6 Å². The van der Waals surface area contributed by atoms with Gasteiger partial charge in [0.15, 0.2) is 0 Å². The summed E-state index contributed by atoms with van der Waals surface area (Å²) in [6.07, 6.45) is 4.63. The number of benzene rings is 1. The van der Waals surface area contributed by atoms with Crippen molar-refractivity contribution >= 4 is 34.4 Å². The van der Waals surface area contributed by atoms with Crippen LogP contribution in [0.4, 0.5) is 0 Å². The summed E-state index contributed by atoms with van der Waals surface area (Å²) in [5.41, 5.74) is 3.26. The molecular formula is C14H12N2S. The van der Waals surface area contributed by atoms with Crippen molar-refractivity contribution in [2.24, 2.45) is 0 Å². The highest BCUT2D eigenvalue weighted by Crippen LogP contribution is 2.24. The van der Waals surface area contributed by atoms with Crippen molar-refractivity contribution in [2.45, 2.75) is 6.42 Å². The van der Waals surface area contributed by atoms with E-state index in [2.05, 4.69) is 46.9 Å². The molecule has 0 radical (unpaired) electrons. The zero-order chi connectivity index (χ0) is 11.7. The van der Waals surface area contributed by atoms with Crippen LogP contribution in [0.3, 0.4) is 0 Å². The van der Waals surface area contributed by atoms with Gasteiger partial charge in [-0.15, -0.1) is 0 Å². The molecule has 2 heterocycles. The Bertz CT molecular complexity index is 679. The first-order valence-electron chi connectivity index (χ1n) is 5.62. The Morgan fingerprint density at radius 3 is 2.71 bits per heavy atom. The normalized spacial score (nSPS) is 11.1. The minimum absolute atomic E-state index is 0.847. The summed E-state index contributed by atoms with van der Waals surface area (Å²) in [5, 5.41) is 2.32. The second-order valence-electron chi connectivity index (χ2n) is 3.98. The van der Waals surface area contributed by atoms with Crippen LogP contribution in [0.2, 0.25) is 0 Å². The Morgan fingerprint density at radius 2 is 1.82 bits per heavy atom. The number of hydrogen-bond donors (Lipinski definition) is 1. The number of nitrogens with zero attached hydrogens (tertiary/aromatic N) is 2. The fraction of sp³-hybridized carbons (Fsp3) is 0.143. The molecule has 0 atom stereocenters. The fourth-order valence-electron chi connectivity index (χ4n) is 2.15. The Hall–Kier alpha value is -1.61. The molecule has 84 valence electrons. The number of thiol groups is 1. The van der Waals surface area contributed by atoms with Crippen LogP contribution in [0.1, 0.15) is 5.56 Å². The van der Waals surface area contributed by atoms with E-state index in [0.717, 1.165) is 28.6 Å². The first-order valence-corrected chi connectivity index (χ1v) is 6.25. The predicted octanol–water partition coefficient (Wildman–Crippen LogP) is 3.26. The number of fused-ring (bicyclic) bond motifs is 3. The van der Waals surface area contributed by atoms with E-state index in [1.807, 2.05) is 18.5 Å². The van der Waals surface area contributed by atoms with Gasteiger partial charge in [0.05, 0.1) is 11.0 Å². The molecule has 2 aromatic heterocycles. The predicted molar refractivity (Wildman–Crippen MR) is 74.6 cm³/mol. The van der Waals surface area contributed by atoms with E-state index >= 15 is 0 Å². The summed E-state index contributed by atoms with van der Waals surface area (Å²) in [6, 6.07) is 10.3. The van der Waals surface area contributed by atoms with Gasteiger partial charge >= 0.3 is 0 Å². The van der Waals surface area contributed by atoms with Gasteiger partial charge in [-0.3, -0.25) is 9.97 Å². The first-order chi connectivity index (χ1) is 8.40. The lowest BCUT2D eigenvalue weighted by atomic mass is 10.0. The second kappa shape index (κ2) is 4.34. The van der Waals surface area contributed by atoms with Crippen molar-refractivity contribution in [3.8, 4) is 0 Å². The highest BCUT2D eigenvalue weighted by atomic mass is 32.1. The molecule has 2 nitrogen and oxygen atoms in total. The zero-order valence-electron chi connectivity index (χ0n) is 9.30. The summed E-state index contributed by atoms with van der Waals surface area (Å²) >= 11 is 4.29. The van der Waals surface area contributed by atoms with Crippen molar-refractivity contribution in [3.63, 3.8) is 0 Å². The largest absolute Gasteiger partial charge is 0.254 e. The number of pyridine rings is 2. The molecule has 0 aliphatic rings. The number of aromatic nitrogens is 2. The Kier molecular flexibility index (Phi) is 2.69. The summed E-state index contributed by atoms with van der Waals surface area (Å²) in [7, 11) is 0. The molecule has 0 saturated carbocycles. The summed E-state index contributed by atoms with van der Waals surface area (Å²) in [4.78, 5) is 8.89. The van der Waals surface area contributed by atoms with Crippen LogP contribution in [0, 0.1) is 0 Å². The smallest absolute Gasteiger partial charge is 0.0967 e. The van der Waals surface area contributed by atoms with E-state index in [1.165, 1.54) is 10.9 Å². The van der Waals surface area contributed by atoms with E-state index in [0.29, 0.717) is 0 Å². The van der Waals surface area contributed by atoms with Gasteiger partial charge in [-0.2, -0.15) is 12.6 Å². The van der Waals surface area contributed by atoms with E-state index in [9.17, 15) is 0 Å². The SMILES string of the molecule is SCCc1ccnc2c1ccc1cccnc12. The zero-order valence-corrected chi connectivity index (χ0v) is 10.2. The maximum absolute atomic E-state index is 4.46. The highest BCUT2D eigenvalue weighted by molar-refractivity contribution is 7.80. The second-order valence-corrected chi connectivity index (χ2v) is 4.43. The third-order valence-corrected chi connectivity index (χ3v) is 3.18. The van der Waals surface area contributed by atoms with Gasteiger partial charge in [0.1, 0.15) is 0 Å². The third-order valence-electron chi connectivity index (χ3n) is 2.95. The molecule has 0 fully saturated rings. The van der Waals surface area contributed by atoms with E-state index in [-0.39, 0.29) is 0 Å².